The van der Waals surface area contributed by atoms with Crippen LogP contribution in [0.5, 0.6) is 0 Å². The smallest absolute Gasteiger partial charge is 0.0877 e. The highest BCUT2D eigenvalue weighted by atomic mass is 16.3. The van der Waals surface area contributed by atoms with Gasteiger partial charge in [0.15, 0.2) is 0 Å². The van der Waals surface area contributed by atoms with E-state index in [4.69, 9.17) is 5.11 Å². The van der Waals surface area contributed by atoms with Gasteiger partial charge in [-0.25, -0.2) is 0 Å². The quantitative estimate of drug-likeness (QED) is 0.0305. The van der Waals surface area contributed by atoms with Crippen molar-refractivity contribution >= 4 is 0 Å². The predicted molar refractivity (Wildman–Crippen MR) is 222 cm³/mol. The van der Waals surface area contributed by atoms with Crippen LogP contribution in [-0.4, -0.2) is 97.9 Å². The summed E-state index contributed by atoms with van der Waals surface area (Å²) in [4.78, 5) is 0. The fourth-order valence-electron chi connectivity index (χ4n) is 7.50. The van der Waals surface area contributed by atoms with E-state index in [9.17, 15) is 40.9 Å². The van der Waals surface area contributed by atoms with E-state index in [0.29, 0.717) is 122 Å². The molecule has 54 heavy (non-hydrogen) atoms. The van der Waals surface area contributed by atoms with Crippen LogP contribution in [0, 0.1) is 0 Å². The fourth-order valence-corrected chi connectivity index (χ4v) is 7.50. The van der Waals surface area contributed by atoms with E-state index in [1.165, 1.54) is 5.57 Å². The normalized spacial score (nSPS) is 20.6. The summed E-state index contributed by atoms with van der Waals surface area (Å²) in [5.41, 5.74) is -4.13. The van der Waals surface area contributed by atoms with Crippen molar-refractivity contribution in [3.8, 4) is 0 Å². The van der Waals surface area contributed by atoms with Gasteiger partial charge in [0.25, 0.3) is 0 Å². The molecule has 7 atom stereocenters. The summed E-state index contributed by atoms with van der Waals surface area (Å²) in [5, 5.41) is 95.2. The van der Waals surface area contributed by atoms with Gasteiger partial charge in [-0.15, -0.1) is 0 Å². The number of aliphatic hydroxyl groups excluding tert-OH is 2. The molecule has 0 aliphatic rings. The second-order valence-electron chi connectivity index (χ2n) is 19.7. The molecule has 9 N–H and O–H groups in total. The van der Waals surface area contributed by atoms with Crippen LogP contribution in [0.2, 0.25) is 0 Å². The molecule has 0 aromatic heterocycles. The molecule has 0 aromatic carbocycles. The summed E-state index contributed by atoms with van der Waals surface area (Å²) in [5.74, 6) is 0. The molecular weight excluding hydrogens is 684 g/mol. The highest BCUT2D eigenvalue weighted by Crippen LogP contribution is 2.32. The lowest BCUT2D eigenvalue weighted by Gasteiger charge is -2.32. The number of hydrogen-bond acceptors (Lipinski definition) is 9. The molecule has 0 heterocycles. The summed E-state index contributed by atoms with van der Waals surface area (Å²) in [6.45, 7) is 18.3. The SMILES string of the molecule is C/C(=C\CO)CC/C=C(\C)CCC(O)C(C)(O)CCCC(C)(O)CCCC(C)(O)CCCC(C)(O)CCCC(C)(O)CCCC(C)(O)CCCC(C)(C)O. The standard InChI is InChI=1S/C45H88O9/c1-36(18-11-19-37(2)22-35-46)20-21-38(47)45(10,54)34-17-33-44(9,53)32-16-31-43(8,52)30-15-29-42(7,51)28-14-27-41(6,50)26-13-25-40(5,49)24-12-23-39(3,4)48/h18,22,38,46-54H,11-17,19-21,23-35H2,1-10H3/b36-18+,37-22+. The molecule has 0 rings (SSSR count). The molecule has 0 aromatic rings. The molecule has 0 fully saturated rings. The lowest BCUT2D eigenvalue weighted by Crippen LogP contribution is -2.39. The van der Waals surface area contributed by atoms with Crippen molar-refractivity contribution in [2.24, 2.45) is 0 Å². The second kappa shape index (κ2) is 24.1. The van der Waals surface area contributed by atoms with Crippen molar-refractivity contribution in [1.29, 1.82) is 0 Å². The first-order chi connectivity index (χ1) is 24.5. The van der Waals surface area contributed by atoms with E-state index in [0.717, 1.165) is 24.8 Å². The number of hydrogen-bond donors (Lipinski definition) is 9. The van der Waals surface area contributed by atoms with Crippen LogP contribution in [0.4, 0.5) is 0 Å². The molecule has 0 saturated carbocycles. The molecule has 9 nitrogen and oxygen atoms in total. The van der Waals surface area contributed by atoms with Crippen LogP contribution in [0.3, 0.4) is 0 Å². The molecule has 0 radical (unpaired) electrons. The first kappa shape index (κ1) is 53.1. The summed E-state index contributed by atoms with van der Waals surface area (Å²) in [6, 6.07) is 0. The van der Waals surface area contributed by atoms with E-state index in [-0.39, 0.29) is 6.61 Å². The van der Waals surface area contributed by atoms with Crippen molar-refractivity contribution in [2.45, 2.75) is 256 Å². The topological polar surface area (TPSA) is 182 Å². The van der Waals surface area contributed by atoms with E-state index in [1.807, 2.05) is 47.6 Å². The Kier molecular flexibility index (Phi) is 23.7. The van der Waals surface area contributed by atoms with Gasteiger partial charge in [-0.1, -0.05) is 23.3 Å². The molecule has 7 unspecified atom stereocenters. The van der Waals surface area contributed by atoms with Crippen molar-refractivity contribution in [2.75, 3.05) is 6.61 Å². The number of aliphatic hydroxyl groups is 9. The molecule has 0 saturated heterocycles. The van der Waals surface area contributed by atoms with E-state index >= 15 is 0 Å². The lowest BCUT2D eigenvalue weighted by molar-refractivity contribution is -0.0746. The number of rotatable bonds is 32. The van der Waals surface area contributed by atoms with Crippen LogP contribution in [0.1, 0.15) is 210 Å². The summed E-state index contributed by atoms with van der Waals surface area (Å²) in [6.07, 6.45) is 16.5. The van der Waals surface area contributed by atoms with Crippen LogP contribution in [-0.2, 0) is 0 Å². The van der Waals surface area contributed by atoms with Gasteiger partial charge in [-0.2, -0.15) is 0 Å². The maximum absolute atomic E-state index is 11.0. The molecule has 0 aliphatic carbocycles. The van der Waals surface area contributed by atoms with E-state index < -0.39 is 45.3 Å². The second-order valence-corrected chi connectivity index (χ2v) is 19.7. The lowest BCUT2D eigenvalue weighted by atomic mass is 9.83. The van der Waals surface area contributed by atoms with Crippen LogP contribution in [0.25, 0.3) is 0 Å². The maximum Gasteiger partial charge on any atom is 0.0877 e. The van der Waals surface area contributed by atoms with Gasteiger partial charge in [-0.3, -0.25) is 0 Å². The Bertz CT molecular complexity index is 1060. The zero-order chi connectivity index (χ0) is 41.9. The van der Waals surface area contributed by atoms with Crippen molar-refractivity contribution in [1.82, 2.24) is 0 Å². The van der Waals surface area contributed by atoms with Gasteiger partial charge in [0.1, 0.15) is 0 Å². The van der Waals surface area contributed by atoms with Gasteiger partial charge < -0.3 is 46.0 Å². The average molecular weight is 773 g/mol. The monoisotopic (exact) mass is 773 g/mol. The average Bonchev–Trinajstić information content (AvgIpc) is 2.98. The summed E-state index contributed by atoms with van der Waals surface area (Å²) in [7, 11) is 0. The van der Waals surface area contributed by atoms with Crippen molar-refractivity contribution < 1.29 is 46.0 Å². The number of allylic oxidation sites excluding steroid dienone is 3. The molecule has 0 amide bonds. The van der Waals surface area contributed by atoms with Crippen LogP contribution >= 0.6 is 0 Å². The third-order valence-electron chi connectivity index (χ3n) is 11.6. The highest BCUT2D eigenvalue weighted by Gasteiger charge is 2.32. The molecule has 0 bridgehead atoms. The van der Waals surface area contributed by atoms with E-state index in [2.05, 4.69) is 6.08 Å². The Morgan fingerprint density at radius 1 is 0.444 bits per heavy atom. The molecule has 0 aliphatic heterocycles. The van der Waals surface area contributed by atoms with Crippen molar-refractivity contribution in [3.63, 3.8) is 0 Å². The molecule has 0 spiro atoms. The molecule has 9 heteroatoms. The van der Waals surface area contributed by atoms with Gasteiger partial charge in [0.05, 0.1) is 51.9 Å². The van der Waals surface area contributed by atoms with Gasteiger partial charge >= 0.3 is 0 Å². The third-order valence-corrected chi connectivity index (χ3v) is 11.6. The Morgan fingerprint density at radius 3 is 1.06 bits per heavy atom. The predicted octanol–water partition coefficient (Wildman–Crippen LogP) is 8.09. The summed E-state index contributed by atoms with van der Waals surface area (Å²) >= 11 is 0. The summed E-state index contributed by atoms with van der Waals surface area (Å²) < 4.78 is 0. The Balaban J connectivity index is 4.45. The minimum absolute atomic E-state index is 0.0538. The first-order valence-electron chi connectivity index (χ1n) is 21.2. The maximum atomic E-state index is 11.0. The highest BCUT2D eigenvalue weighted by molar-refractivity contribution is 5.04. The van der Waals surface area contributed by atoms with E-state index in [1.54, 1.807) is 27.7 Å². The third kappa shape index (κ3) is 28.5. The van der Waals surface area contributed by atoms with Crippen LogP contribution in [0.15, 0.2) is 23.3 Å². The fraction of sp³-hybridized carbons (Fsp3) is 0.911. The molecular formula is C45H88O9. The Morgan fingerprint density at radius 2 is 0.741 bits per heavy atom. The van der Waals surface area contributed by atoms with Crippen LogP contribution < -0.4 is 0 Å². The minimum Gasteiger partial charge on any atom is -0.392 e. The minimum atomic E-state index is -1.25. The van der Waals surface area contributed by atoms with Gasteiger partial charge in [0, 0.05) is 0 Å². The Labute approximate surface area is 331 Å². The largest absolute Gasteiger partial charge is 0.392 e. The van der Waals surface area contributed by atoms with Gasteiger partial charge in [0.2, 0.25) is 0 Å². The zero-order valence-electron chi connectivity index (χ0n) is 36.5. The Hall–Kier alpha value is -0.880. The zero-order valence-corrected chi connectivity index (χ0v) is 36.5. The van der Waals surface area contributed by atoms with Crippen molar-refractivity contribution in [3.05, 3.63) is 23.3 Å². The molecule has 322 valence electrons. The van der Waals surface area contributed by atoms with Gasteiger partial charge in [-0.05, 0) is 210 Å². The first-order valence-corrected chi connectivity index (χ1v) is 21.2.